The molecule has 3 rings (SSSR count). The van der Waals surface area contributed by atoms with Gasteiger partial charge in [0.2, 0.25) is 0 Å². The van der Waals surface area contributed by atoms with Crippen LogP contribution in [0.25, 0.3) is 22.2 Å². The molecule has 0 saturated heterocycles. The Kier molecular flexibility index (Phi) is 4.62. The highest BCUT2D eigenvalue weighted by atomic mass is 79.9. The third-order valence-corrected chi connectivity index (χ3v) is 4.63. The summed E-state index contributed by atoms with van der Waals surface area (Å²) in [5.41, 5.74) is 4.53. The summed E-state index contributed by atoms with van der Waals surface area (Å²) in [6.07, 6.45) is 0.862. The molecule has 4 nitrogen and oxygen atoms in total. The summed E-state index contributed by atoms with van der Waals surface area (Å²) < 4.78 is 6.38. The first-order valence-electron chi connectivity index (χ1n) is 7.72. The predicted molar refractivity (Wildman–Crippen MR) is 98.7 cm³/mol. The summed E-state index contributed by atoms with van der Waals surface area (Å²) >= 11 is 3.48. The lowest BCUT2D eigenvalue weighted by atomic mass is 10.0. The predicted octanol–water partition coefficient (Wildman–Crippen LogP) is 4.80. The molecule has 24 heavy (non-hydrogen) atoms. The third-order valence-electron chi connectivity index (χ3n) is 4.14. The molecule has 0 radical (unpaired) electrons. The fourth-order valence-corrected chi connectivity index (χ4v) is 3.32. The van der Waals surface area contributed by atoms with Crippen LogP contribution in [0.2, 0.25) is 0 Å². The van der Waals surface area contributed by atoms with Crippen molar-refractivity contribution in [1.29, 1.82) is 0 Å². The van der Waals surface area contributed by atoms with Crippen molar-refractivity contribution in [3.8, 4) is 17.0 Å². The SMILES string of the molecule is CCc1ccc2[nH]c(-c3cc(Br)ccc3OC)c(CC(=O)O)c2c1. The highest BCUT2D eigenvalue weighted by molar-refractivity contribution is 9.10. The van der Waals surface area contributed by atoms with E-state index in [1.165, 1.54) is 5.56 Å². The minimum absolute atomic E-state index is 0.0435. The quantitative estimate of drug-likeness (QED) is 0.660. The van der Waals surface area contributed by atoms with Gasteiger partial charge in [0, 0.05) is 20.9 Å². The Hall–Kier alpha value is -2.27. The van der Waals surface area contributed by atoms with Gasteiger partial charge in [-0.25, -0.2) is 0 Å². The Morgan fingerprint density at radius 1 is 1.25 bits per heavy atom. The molecule has 0 aliphatic heterocycles. The number of aromatic nitrogens is 1. The molecule has 0 bridgehead atoms. The van der Waals surface area contributed by atoms with Crippen LogP contribution in [-0.2, 0) is 17.6 Å². The van der Waals surface area contributed by atoms with Crippen LogP contribution < -0.4 is 4.74 Å². The summed E-state index contributed by atoms with van der Waals surface area (Å²) in [5.74, 6) is -0.153. The van der Waals surface area contributed by atoms with Gasteiger partial charge in [-0.1, -0.05) is 28.9 Å². The molecule has 0 fully saturated rings. The standard InChI is InChI=1S/C19H18BrNO3/c1-3-11-4-6-16-13(8-11)14(10-18(22)23)19(21-16)15-9-12(20)5-7-17(15)24-2/h4-9,21H,3,10H2,1-2H3,(H,22,23). The number of rotatable bonds is 5. The van der Waals surface area contributed by atoms with Gasteiger partial charge >= 0.3 is 5.97 Å². The molecule has 5 heteroatoms. The summed E-state index contributed by atoms with van der Waals surface area (Å²) in [6.45, 7) is 2.09. The number of benzene rings is 2. The number of carboxylic acids is 1. The Labute approximate surface area is 148 Å². The number of aryl methyl sites for hydroxylation is 1. The van der Waals surface area contributed by atoms with Gasteiger partial charge in [-0.3, -0.25) is 4.79 Å². The Morgan fingerprint density at radius 2 is 2.04 bits per heavy atom. The maximum atomic E-state index is 11.4. The second kappa shape index (κ2) is 6.69. The number of fused-ring (bicyclic) bond motifs is 1. The average Bonchev–Trinajstić information content (AvgIpc) is 2.91. The molecular formula is C19H18BrNO3. The van der Waals surface area contributed by atoms with Gasteiger partial charge in [-0.2, -0.15) is 0 Å². The Morgan fingerprint density at radius 3 is 2.71 bits per heavy atom. The molecule has 0 aliphatic rings. The van der Waals surface area contributed by atoms with Crippen LogP contribution in [0.15, 0.2) is 40.9 Å². The summed E-state index contributed by atoms with van der Waals surface area (Å²) in [5, 5.41) is 10.3. The molecule has 2 aromatic carbocycles. The largest absolute Gasteiger partial charge is 0.496 e. The van der Waals surface area contributed by atoms with Crippen molar-refractivity contribution in [1.82, 2.24) is 4.98 Å². The molecule has 1 aromatic heterocycles. The highest BCUT2D eigenvalue weighted by Gasteiger charge is 2.19. The van der Waals surface area contributed by atoms with Crippen molar-refractivity contribution in [3.63, 3.8) is 0 Å². The van der Waals surface area contributed by atoms with E-state index in [-0.39, 0.29) is 6.42 Å². The lowest BCUT2D eigenvalue weighted by molar-refractivity contribution is -0.136. The summed E-state index contributed by atoms with van der Waals surface area (Å²) in [6, 6.07) is 11.8. The highest BCUT2D eigenvalue weighted by Crippen LogP contribution is 2.38. The van der Waals surface area contributed by atoms with Gasteiger partial charge in [0.05, 0.1) is 19.2 Å². The van der Waals surface area contributed by atoms with E-state index in [0.717, 1.165) is 38.6 Å². The van der Waals surface area contributed by atoms with Gasteiger partial charge in [-0.15, -0.1) is 0 Å². The molecule has 0 spiro atoms. The number of hydrogen-bond donors (Lipinski definition) is 2. The first kappa shape index (κ1) is 16.6. The third kappa shape index (κ3) is 3.04. The van der Waals surface area contributed by atoms with Crippen LogP contribution in [0.4, 0.5) is 0 Å². The van der Waals surface area contributed by atoms with E-state index in [1.54, 1.807) is 7.11 Å². The second-order valence-corrected chi connectivity index (χ2v) is 6.54. The number of ether oxygens (including phenoxy) is 1. The maximum Gasteiger partial charge on any atom is 0.307 e. The van der Waals surface area contributed by atoms with Crippen LogP contribution in [0.5, 0.6) is 5.75 Å². The van der Waals surface area contributed by atoms with Crippen molar-refractivity contribution in [2.75, 3.05) is 7.11 Å². The number of aliphatic carboxylic acids is 1. The van der Waals surface area contributed by atoms with E-state index in [9.17, 15) is 9.90 Å². The smallest absolute Gasteiger partial charge is 0.307 e. The molecule has 2 N–H and O–H groups in total. The molecule has 0 aliphatic carbocycles. The van der Waals surface area contributed by atoms with Crippen LogP contribution in [-0.4, -0.2) is 23.2 Å². The minimum atomic E-state index is -0.854. The number of methoxy groups -OCH3 is 1. The van der Waals surface area contributed by atoms with Crippen molar-refractivity contribution in [3.05, 3.63) is 52.0 Å². The molecule has 1 heterocycles. The van der Waals surface area contributed by atoms with E-state index in [1.807, 2.05) is 24.3 Å². The Balaban J connectivity index is 2.31. The monoisotopic (exact) mass is 387 g/mol. The second-order valence-electron chi connectivity index (χ2n) is 5.63. The van der Waals surface area contributed by atoms with E-state index in [2.05, 4.69) is 40.0 Å². The maximum absolute atomic E-state index is 11.4. The van der Waals surface area contributed by atoms with Crippen LogP contribution in [0.1, 0.15) is 18.1 Å². The van der Waals surface area contributed by atoms with Crippen molar-refractivity contribution in [2.45, 2.75) is 19.8 Å². The minimum Gasteiger partial charge on any atom is -0.496 e. The van der Waals surface area contributed by atoms with E-state index >= 15 is 0 Å². The summed E-state index contributed by atoms with van der Waals surface area (Å²) in [4.78, 5) is 14.8. The zero-order valence-electron chi connectivity index (χ0n) is 13.5. The first-order valence-corrected chi connectivity index (χ1v) is 8.52. The number of H-pyrrole nitrogens is 1. The van der Waals surface area contributed by atoms with E-state index in [0.29, 0.717) is 5.75 Å². The number of aromatic amines is 1. The number of carboxylic acid groups (broad SMARTS) is 1. The molecule has 124 valence electrons. The van der Waals surface area contributed by atoms with Gasteiger partial charge in [0.25, 0.3) is 0 Å². The lowest BCUT2D eigenvalue weighted by Gasteiger charge is -2.10. The molecule has 0 unspecified atom stereocenters. The number of halogens is 1. The van der Waals surface area contributed by atoms with Gasteiger partial charge in [0.1, 0.15) is 5.75 Å². The fraction of sp³-hybridized carbons (Fsp3) is 0.211. The molecule has 0 amide bonds. The van der Waals surface area contributed by atoms with Gasteiger partial charge in [0.15, 0.2) is 0 Å². The molecule has 0 saturated carbocycles. The van der Waals surface area contributed by atoms with Crippen LogP contribution in [0.3, 0.4) is 0 Å². The lowest BCUT2D eigenvalue weighted by Crippen LogP contribution is -2.01. The van der Waals surface area contributed by atoms with Gasteiger partial charge in [-0.05, 0) is 47.9 Å². The van der Waals surface area contributed by atoms with Crippen LogP contribution in [0, 0.1) is 0 Å². The number of nitrogens with one attached hydrogen (secondary N) is 1. The normalized spacial score (nSPS) is 11.0. The molecule has 3 aromatic rings. The zero-order chi connectivity index (χ0) is 17.3. The van der Waals surface area contributed by atoms with Crippen molar-refractivity contribution < 1.29 is 14.6 Å². The van der Waals surface area contributed by atoms with Crippen molar-refractivity contribution >= 4 is 32.8 Å². The number of hydrogen-bond acceptors (Lipinski definition) is 2. The molecular weight excluding hydrogens is 370 g/mol. The zero-order valence-corrected chi connectivity index (χ0v) is 15.1. The van der Waals surface area contributed by atoms with E-state index in [4.69, 9.17) is 4.74 Å². The summed E-state index contributed by atoms with van der Waals surface area (Å²) in [7, 11) is 1.61. The van der Waals surface area contributed by atoms with E-state index < -0.39 is 5.97 Å². The Bertz CT molecular complexity index is 914. The first-order chi connectivity index (χ1) is 11.5. The topological polar surface area (TPSA) is 62.3 Å². The van der Waals surface area contributed by atoms with Crippen LogP contribution >= 0.6 is 15.9 Å². The average molecular weight is 388 g/mol. The number of carbonyl (C=O) groups is 1. The molecule has 0 atom stereocenters. The van der Waals surface area contributed by atoms with Crippen molar-refractivity contribution in [2.24, 2.45) is 0 Å². The van der Waals surface area contributed by atoms with Gasteiger partial charge < -0.3 is 14.8 Å². The fourth-order valence-electron chi connectivity index (χ4n) is 2.96.